The van der Waals surface area contributed by atoms with E-state index < -0.39 is 0 Å². The van der Waals surface area contributed by atoms with Crippen molar-refractivity contribution in [3.8, 4) is 0 Å². The van der Waals surface area contributed by atoms with Crippen LogP contribution in [0.2, 0.25) is 0 Å². The predicted molar refractivity (Wildman–Crippen MR) is 78.8 cm³/mol. The van der Waals surface area contributed by atoms with Crippen LogP contribution in [0, 0.1) is 17.3 Å². The molecule has 1 saturated heterocycles. The maximum absolute atomic E-state index is 3.63. The summed E-state index contributed by atoms with van der Waals surface area (Å²) in [6, 6.07) is 0.605. The van der Waals surface area contributed by atoms with E-state index in [-0.39, 0.29) is 0 Å². The first-order valence-corrected chi connectivity index (χ1v) is 7.98. The van der Waals surface area contributed by atoms with Gasteiger partial charge in [-0.1, -0.05) is 34.1 Å². The Morgan fingerprint density at radius 3 is 2.33 bits per heavy atom. The number of nitrogens with one attached hydrogen (secondary N) is 1. The van der Waals surface area contributed by atoms with Crippen LogP contribution in [0.3, 0.4) is 0 Å². The molecule has 2 aliphatic rings. The normalized spacial score (nSPS) is 31.8. The Bertz CT molecular complexity index is 252. The minimum atomic E-state index is 0.447. The van der Waals surface area contributed by atoms with Gasteiger partial charge in [-0.25, -0.2) is 0 Å². The lowest BCUT2D eigenvalue weighted by atomic mass is 9.86. The molecule has 0 spiro atoms. The lowest BCUT2D eigenvalue weighted by Crippen LogP contribution is -2.43. The smallest absolute Gasteiger partial charge is 0.00476 e. The second-order valence-corrected chi connectivity index (χ2v) is 7.34. The minimum Gasteiger partial charge on any atom is -0.314 e. The second-order valence-electron chi connectivity index (χ2n) is 7.34. The zero-order valence-corrected chi connectivity index (χ0v) is 12.8. The van der Waals surface area contributed by atoms with E-state index >= 15 is 0 Å². The quantitative estimate of drug-likeness (QED) is 0.781. The Morgan fingerprint density at radius 2 is 1.83 bits per heavy atom. The van der Waals surface area contributed by atoms with Gasteiger partial charge in [-0.2, -0.15) is 0 Å². The highest BCUT2D eigenvalue weighted by molar-refractivity contribution is 4.91. The summed E-state index contributed by atoms with van der Waals surface area (Å²) in [4.78, 5) is 2.75. The number of hydrogen-bond donors (Lipinski definition) is 1. The van der Waals surface area contributed by atoms with Crippen LogP contribution in [0.25, 0.3) is 0 Å². The molecule has 18 heavy (non-hydrogen) atoms. The van der Waals surface area contributed by atoms with Gasteiger partial charge in [-0.05, 0) is 36.5 Å². The molecule has 2 rings (SSSR count). The van der Waals surface area contributed by atoms with E-state index in [1.165, 1.54) is 45.3 Å². The molecule has 3 atom stereocenters. The van der Waals surface area contributed by atoms with E-state index in [0.29, 0.717) is 11.5 Å². The Labute approximate surface area is 114 Å². The first-order valence-electron chi connectivity index (χ1n) is 7.98. The van der Waals surface area contributed by atoms with Gasteiger partial charge in [0.2, 0.25) is 0 Å². The third kappa shape index (κ3) is 3.48. The highest BCUT2D eigenvalue weighted by atomic mass is 15.2. The van der Waals surface area contributed by atoms with Crippen molar-refractivity contribution in [2.45, 2.75) is 59.4 Å². The Kier molecular flexibility index (Phi) is 4.71. The van der Waals surface area contributed by atoms with Gasteiger partial charge in [0.25, 0.3) is 0 Å². The van der Waals surface area contributed by atoms with E-state index in [2.05, 4.69) is 37.9 Å². The van der Waals surface area contributed by atoms with E-state index in [0.717, 1.165) is 18.4 Å². The average Bonchev–Trinajstić information content (AvgIpc) is 2.87. The maximum atomic E-state index is 3.63. The van der Waals surface area contributed by atoms with Gasteiger partial charge >= 0.3 is 0 Å². The molecular weight excluding hydrogens is 220 g/mol. The van der Waals surface area contributed by atoms with Gasteiger partial charge in [-0.15, -0.1) is 0 Å². The molecular formula is C16H32N2. The van der Waals surface area contributed by atoms with Crippen molar-refractivity contribution in [1.29, 1.82) is 0 Å². The molecule has 0 aromatic carbocycles. The van der Waals surface area contributed by atoms with Gasteiger partial charge in [0.15, 0.2) is 0 Å². The van der Waals surface area contributed by atoms with Crippen molar-refractivity contribution in [3.05, 3.63) is 0 Å². The fourth-order valence-corrected chi connectivity index (χ4v) is 3.74. The summed E-state index contributed by atoms with van der Waals surface area (Å²) in [5.74, 6) is 2.06. The molecule has 1 aliphatic heterocycles. The standard InChI is InChI=1S/C16H32N2/c1-5-16(4,11-17-13(2)3)12-18-9-14-7-6-8-15(14)10-18/h13-15,17H,5-12H2,1-4H3. The van der Waals surface area contributed by atoms with Gasteiger partial charge in [0.05, 0.1) is 0 Å². The number of rotatable bonds is 6. The van der Waals surface area contributed by atoms with Gasteiger partial charge in [0.1, 0.15) is 0 Å². The first-order chi connectivity index (χ1) is 8.52. The van der Waals surface area contributed by atoms with Crippen molar-refractivity contribution in [2.75, 3.05) is 26.2 Å². The summed E-state index contributed by atoms with van der Waals surface area (Å²) in [6.45, 7) is 14.5. The van der Waals surface area contributed by atoms with Crippen LogP contribution in [0.4, 0.5) is 0 Å². The summed E-state index contributed by atoms with van der Waals surface area (Å²) in [5.41, 5.74) is 0.447. The summed E-state index contributed by atoms with van der Waals surface area (Å²) < 4.78 is 0. The van der Waals surface area contributed by atoms with Gasteiger partial charge in [-0.3, -0.25) is 0 Å². The highest BCUT2D eigenvalue weighted by Gasteiger charge is 2.38. The van der Waals surface area contributed by atoms with Crippen LogP contribution < -0.4 is 5.32 Å². The van der Waals surface area contributed by atoms with Gasteiger partial charge < -0.3 is 10.2 Å². The van der Waals surface area contributed by atoms with Crippen LogP contribution in [-0.2, 0) is 0 Å². The number of fused-ring (bicyclic) bond motifs is 1. The maximum Gasteiger partial charge on any atom is 0.00476 e. The van der Waals surface area contributed by atoms with E-state index in [9.17, 15) is 0 Å². The molecule has 0 bridgehead atoms. The Morgan fingerprint density at radius 1 is 1.22 bits per heavy atom. The zero-order chi connectivity index (χ0) is 13.2. The van der Waals surface area contributed by atoms with Crippen molar-refractivity contribution >= 4 is 0 Å². The molecule has 1 N–H and O–H groups in total. The summed E-state index contributed by atoms with van der Waals surface area (Å²) >= 11 is 0. The summed E-state index contributed by atoms with van der Waals surface area (Å²) in [5, 5.41) is 3.63. The largest absolute Gasteiger partial charge is 0.314 e. The van der Waals surface area contributed by atoms with Gasteiger partial charge in [0, 0.05) is 32.2 Å². The predicted octanol–water partition coefficient (Wildman–Crippen LogP) is 3.13. The topological polar surface area (TPSA) is 15.3 Å². The zero-order valence-electron chi connectivity index (χ0n) is 12.8. The lowest BCUT2D eigenvalue weighted by Gasteiger charge is -2.34. The molecule has 0 amide bonds. The molecule has 0 aromatic heterocycles. The third-order valence-corrected chi connectivity index (χ3v) is 5.20. The molecule has 2 nitrogen and oxygen atoms in total. The first kappa shape index (κ1) is 14.3. The number of likely N-dealkylation sites (tertiary alicyclic amines) is 1. The van der Waals surface area contributed by atoms with E-state index in [1.807, 2.05) is 0 Å². The molecule has 3 unspecified atom stereocenters. The molecule has 106 valence electrons. The lowest BCUT2D eigenvalue weighted by molar-refractivity contribution is 0.168. The van der Waals surface area contributed by atoms with Crippen LogP contribution in [0.5, 0.6) is 0 Å². The van der Waals surface area contributed by atoms with Crippen molar-refractivity contribution in [3.63, 3.8) is 0 Å². The molecule has 1 saturated carbocycles. The molecule has 0 radical (unpaired) electrons. The Balaban J connectivity index is 1.82. The Hall–Kier alpha value is -0.0800. The molecule has 1 heterocycles. The monoisotopic (exact) mass is 252 g/mol. The number of nitrogens with zero attached hydrogens (tertiary/aromatic N) is 1. The fraction of sp³-hybridized carbons (Fsp3) is 1.00. The molecule has 2 heteroatoms. The van der Waals surface area contributed by atoms with E-state index in [4.69, 9.17) is 0 Å². The van der Waals surface area contributed by atoms with Crippen molar-refractivity contribution in [1.82, 2.24) is 10.2 Å². The van der Waals surface area contributed by atoms with Crippen LogP contribution in [0.15, 0.2) is 0 Å². The van der Waals surface area contributed by atoms with Crippen LogP contribution in [0.1, 0.15) is 53.4 Å². The van der Waals surface area contributed by atoms with Crippen LogP contribution >= 0.6 is 0 Å². The van der Waals surface area contributed by atoms with Crippen molar-refractivity contribution in [2.24, 2.45) is 17.3 Å². The molecule has 1 aliphatic carbocycles. The minimum absolute atomic E-state index is 0.447. The SMILES string of the molecule is CCC(C)(CNC(C)C)CN1CC2CCCC2C1. The second kappa shape index (κ2) is 5.92. The molecule has 0 aromatic rings. The fourth-order valence-electron chi connectivity index (χ4n) is 3.74. The van der Waals surface area contributed by atoms with E-state index in [1.54, 1.807) is 0 Å². The average molecular weight is 252 g/mol. The van der Waals surface area contributed by atoms with Crippen molar-refractivity contribution < 1.29 is 0 Å². The number of hydrogen-bond acceptors (Lipinski definition) is 2. The summed E-state index contributed by atoms with van der Waals surface area (Å²) in [7, 11) is 0. The third-order valence-electron chi connectivity index (χ3n) is 5.20. The molecule has 2 fully saturated rings. The summed E-state index contributed by atoms with van der Waals surface area (Å²) in [6.07, 6.45) is 5.75. The van der Waals surface area contributed by atoms with Crippen LogP contribution in [-0.4, -0.2) is 37.1 Å². The highest BCUT2D eigenvalue weighted by Crippen LogP contribution is 2.39.